The number of aromatic nitrogens is 6. The fourth-order valence-electron chi connectivity index (χ4n) is 2.29. The number of halogens is 1. The van der Waals surface area contributed by atoms with Crippen molar-refractivity contribution < 1.29 is 9.13 Å². The Morgan fingerprint density at radius 2 is 1.92 bits per heavy atom. The van der Waals surface area contributed by atoms with Crippen LogP contribution in [0.3, 0.4) is 0 Å². The molecule has 3 aromatic heterocycles. The van der Waals surface area contributed by atoms with Crippen LogP contribution in [0.1, 0.15) is 5.69 Å². The normalized spacial score (nSPS) is 10.7. The van der Waals surface area contributed by atoms with Crippen molar-refractivity contribution in [3.05, 3.63) is 72.4 Å². The summed E-state index contributed by atoms with van der Waals surface area (Å²) in [6, 6.07) is 13.2. The van der Waals surface area contributed by atoms with E-state index in [1.54, 1.807) is 36.7 Å². The molecule has 128 valence electrons. The Morgan fingerprint density at radius 3 is 2.69 bits per heavy atom. The molecule has 0 N–H and O–H groups in total. The molecule has 0 aliphatic carbocycles. The van der Waals surface area contributed by atoms with Crippen LogP contribution in [0.4, 0.5) is 4.39 Å². The minimum absolute atomic E-state index is 0.308. The Labute approximate surface area is 148 Å². The topological polar surface area (TPSA) is 78.6 Å². The number of ether oxygens (including phenoxy) is 1. The molecule has 3 heterocycles. The molecule has 0 fully saturated rings. The first-order valence-electron chi connectivity index (χ1n) is 7.80. The second kappa shape index (κ2) is 6.67. The van der Waals surface area contributed by atoms with Crippen molar-refractivity contribution in [2.24, 2.45) is 0 Å². The summed E-state index contributed by atoms with van der Waals surface area (Å²) in [6.45, 7) is 1.87. The monoisotopic (exact) mass is 348 g/mol. The second-order valence-corrected chi connectivity index (χ2v) is 5.50. The summed E-state index contributed by atoms with van der Waals surface area (Å²) in [5.41, 5.74) is 1.83. The smallest absolute Gasteiger partial charge is 0.223 e. The van der Waals surface area contributed by atoms with Gasteiger partial charge in [0, 0.05) is 30.1 Å². The first-order chi connectivity index (χ1) is 12.7. The molecule has 26 heavy (non-hydrogen) atoms. The molecule has 0 amide bonds. The van der Waals surface area contributed by atoms with Crippen LogP contribution in [0.25, 0.3) is 17.2 Å². The number of rotatable bonds is 4. The van der Waals surface area contributed by atoms with Gasteiger partial charge in [-0.25, -0.2) is 4.39 Å². The fraction of sp³-hybridized carbons (Fsp3) is 0.0556. The number of aryl methyl sites for hydroxylation is 1. The Hall–Kier alpha value is -3.68. The number of benzene rings is 1. The molecule has 0 spiro atoms. The standard InChI is InChI=1S/C18H13FN6O/c1-12-5-6-15(11-21-12)26-16-9-13(19)8-14(10-16)25-23-18(22-24-25)17-4-2-3-7-20-17/h2-11H,1H3. The van der Waals surface area contributed by atoms with E-state index in [1.165, 1.54) is 16.9 Å². The van der Waals surface area contributed by atoms with Gasteiger partial charge in [-0.3, -0.25) is 9.97 Å². The number of tetrazole rings is 1. The van der Waals surface area contributed by atoms with Crippen molar-refractivity contribution in [2.75, 3.05) is 0 Å². The van der Waals surface area contributed by atoms with E-state index in [2.05, 4.69) is 25.4 Å². The van der Waals surface area contributed by atoms with Gasteiger partial charge in [-0.2, -0.15) is 0 Å². The summed E-state index contributed by atoms with van der Waals surface area (Å²) in [6.07, 6.45) is 3.21. The lowest BCUT2D eigenvalue weighted by atomic mass is 10.3. The van der Waals surface area contributed by atoms with Crippen LogP contribution < -0.4 is 4.74 Å². The predicted octanol–water partition coefficient (Wildman–Crippen LogP) is 3.36. The first-order valence-corrected chi connectivity index (χ1v) is 7.80. The van der Waals surface area contributed by atoms with Crippen molar-refractivity contribution in [1.29, 1.82) is 0 Å². The van der Waals surface area contributed by atoms with Gasteiger partial charge in [0.15, 0.2) is 0 Å². The zero-order valence-electron chi connectivity index (χ0n) is 13.7. The zero-order chi connectivity index (χ0) is 17.9. The van der Waals surface area contributed by atoms with Gasteiger partial charge in [0.05, 0.1) is 11.9 Å². The molecule has 0 unspecified atom stereocenters. The molecule has 0 aliphatic rings. The minimum atomic E-state index is -0.478. The maximum absolute atomic E-state index is 14.0. The van der Waals surface area contributed by atoms with Crippen LogP contribution in [-0.2, 0) is 0 Å². The molecule has 0 aliphatic heterocycles. The predicted molar refractivity (Wildman–Crippen MR) is 91.4 cm³/mol. The Morgan fingerprint density at radius 1 is 1.00 bits per heavy atom. The third kappa shape index (κ3) is 3.39. The summed E-state index contributed by atoms with van der Waals surface area (Å²) < 4.78 is 19.7. The molecule has 0 saturated carbocycles. The van der Waals surface area contributed by atoms with E-state index in [-0.39, 0.29) is 0 Å². The van der Waals surface area contributed by atoms with E-state index < -0.39 is 5.82 Å². The van der Waals surface area contributed by atoms with Gasteiger partial charge in [0.2, 0.25) is 5.82 Å². The van der Waals surface area contributed by atoms with Crippen molar-refractivity contribution in [2.45, 2.75) is 6.92 Å². The molecule has 1 aromatic carbocycles. The average Bonchev–Trinajstić information content (AvgIpc) is 3.14. The number of hydrogen-bond donors (Lipinski definition) is 0. The van der Waals surface area contributed by atoms with Gasteiger partial charge in [-0.15, -0.1) is 15.0 Å². The van der Waals surface area contributed by atoms with Gasteiger partial charge < -0.3 is 4.74 Å². The summed E-state index contributed by atoms with van der Waals surface area (Å²) in [7, 11) is 0. The fourth-order valence-corrected chi connectivity index (χ4v) is 2.29. The van der Waals surface area contributed by atoms with E-state index in [1.807, 2.05) is 19.1 Å². The van der Waals surface area contributed by atoms with Gasteiger partial charge in [0.1, 0.15) is 23.0 Å². The highest BCUT2D eigenvalue weighted by Gasteiger charge is 2.11. The van der Waals surface area contributed by atoms with Gasteiger partial charge in [-0.1, -0.05) is 6.07 Å². The zero-order valence-corrected chi connectivity index (χ0v) is 13.7. The minimum Gasteiger partial charge on any atom is -0.456 e. The van der Waals surface area contributed by atoms with E-state index in [0.29, 0.717) is 28.7 Å². The highest BCUT2D eigenvalue weighted by atomic mass is 19.1. The van der Waals surface area contributed by atoms with E-state index in [0.717, 1.165) is 5.69 Å². The molecule has 0 saturated heterocycles. The van der Waals surface area contributed by atoms with Crippen molar-refractivity contribution in [3.63, 3.8) is 0 Å². The maximum atomic E-state index is 14.0. The average molecular weight is 348 g/mol. The molecule has 7 nitrogen and oxygen atoms in total. The maximum Gasteiger partial charge on any atom is 0.223 e. The summed E-state index contributed by atoms with van der Waals surface area (Å²) in [5.74, 6) is 0.685. The van der Waals surface area contributed by atoms with Gasteiger partial charge in [0.25, 0.3) is 0 Å². The van der Waals surface area contributed by atoms with Crippen molar-refractivity contribution >= 4 is 0 Å². The van der Waals surface area contributed by atoms with Crippen molar-refractivity contribution in [1.82, 2.24) is 30.2 Å². The highest BCUT2D eigenvalue weighted by Crippen LogP contribution is 2.24. The summed E-state index contributed by atoms with van der Waals surface area (Å²) in [5, 5.41) is 12.2. The van der Waals surface area contributed by atoms with Gasteiger partial charge in [-0.05, 0) is 36.4 Å². The largest absolute Gasteiger partial charge is 0.456 e. The van der Waals surface area contributed by atoms with Crippen LogP contribution >= 0.6 is 0 Å². The second-order valence-electron chi connectivity index (χ2n) is 5.50. The number of hydrogen-bond acceptors (Lipinski definition) is 6. The molecule has 8 heteroatoms. The Bertz CT molecular complexity index is 1030. The quantitative estimate of drug-likeness (QED) is 0.563. The van der Waals surface area contributed by atoms with Crippen LogP contribution in [0.2, 0.25) is 0 Å². The molecule has 4 rings (SSSR count). The van der Waals surface area contributed by atoms with E-state index in [4.69, 9.17) is 4.74 Å². The molecular weight excluding hydrogens is 335 g/mol. The summed E-state index contributed by atoms with van der Waals surface area (Å²) in [4.78, 5) is 9.55. The molecule has 0 radical (unpaired) electrons. The van der Waals surface area contributed by atoms with Crippen molar-refractivity contribution in [3.8, 4) is 28.7 Å². The molecule has 0 bridgehead atoms. The Balaban J connectivity index is 1.64. The van der Waals surface area contributed by atoms with Crippen LogP contribution in [0.15, 0.2) is 60.9 Å². The highest BCUT2D eigenvalue weighted by molar-refractivity contribution is 5.47. The van der Waals surface area contributed by atoms with E-state index in [9.17, 15) is 4.39 Å². The Kier molecular flexibility index (Phi) is 4.06. The third-order valence-electron chi connectivity index (χ3n) is 3.51. The number of nitrogens with zero attached hydrogens (tertiary/aromatic N) is 6. The summed E-state index contributed by atoms with van der Waals surface area (Å²) >= 11 is 0. The SMILES string of the molecule is Cc1ccc(Oc2cc(F)cc(-n3nnc(-c4ccccn4)n3)c2)cn1. The molecule has 4 aromatic rings. The van der Waals surface area contributed by atoms with Crippen LogP contribution in [0, 0.1) is 12.7 Å². The van der Waals surface area contributed by atoms with E-state index >= 15 is 0 Å². The number of pyridine rings is 2. The van der Waals surface area contributed by atoms with Gasteiger partial charge >= 0.3 is 0 Å². The first kappa shape index (κ1) is 15.8. The lowest BCUT2D eigenvalue weighted by Crippen LogP contribution is -2.00. The molecule has 0 atom stereocenters. The van der Waals surface area contributed by atoms with Crippen LogP contribution in [-0.4, -0.2) is 30.2 Å². The van der Waals surface area contributed by atoms with Crippen LogP contribution in [0.5, 0.6) is 11.5 Å². The lowest BCUT2D eigenvalue weighted by molar-refractivity contribution is 0.473. The third-order valence-corrected chi connectivity index (χ3v) is 3.51. The molecular formula is C18H13FN6O. The lowest BCUT2D eigenvalue weighted by Gasteiger charge is -2.07.